The highest BCUT2D eigenvalue weighted by molar-refractivity contribution is 7.81. The largest absolute Gasteiger partial charge is 0.507 e. The number of carbonyl (C=O) groups is 1. The maximum absolute atomic E-state index is 14.3. The third-order valence-electron chi connectivity index (χ3n) is 8.52. The summed E-state index contributed by atoms with van der Waals surface area (Å²) in [5, 5.41) is 23.3. The molecular formula is C38H49NO3S. The number of rotatable bonds is 9. The summed E-state index contributed by atoms with van der Waals surface area (Å²) >= 11 is 6.02. The number of carbonyl (C=O) groups excluding carboxylic acids is 1. The summed E-state index contributed by atoms with van der Waals surface area (Å²) in [7, 11) is 0. The van der Waals surface area contributed by atoms with Gasteiger partial charge in [-0.05, 0) is 95.6 Å². The van der Waals surface area contributed by atoms with E-state index in [4.69, 9.17) is 18.0 Å². The van der Waals surface area contributed by atoms with Gasteiger partial charge < -0.3 is 15.9 Å². The average Bonchev–Trinajstić information content (AvgIpc) is 2.89. The molecule has 0 aromatic heterocycles. The maximum atomic E-state index is 14.3. The van der Waals surface area contributed by atoms with Crippen LogP contribution in [0.5, 0.6) is 11.5 Å². The van der Waals surface area contributed by atoms with Gasteiger partial charge in [-0.15, -0.1) is 0 Å². The smallest absolute Gasteiger partial charge is 0.197 e. The van der Waals surface area contributed by atoms with E-state index in [0.29, 0.717) is 47.1 Å². The Morgan fingerprint density at radius 2 is 1.21 bits per heavy atom. The number of aromatic hydroxyl groups is 2. The van der Waals surface area contributed by atoms with E-state index in [-0.39, 0.29) is 44.1 Å². The fraction of sp³-hybridized carbons (Fsp3) is 0.474. The van der Waals surface area contributed by atoms with Crippen molar-refractivity contribution in [3.8, 4) is 22.6 Å². The van der Waals surface area contributed by atoms with Crippen molar-refractivity contribution in [2.75, 3.05) is 5.73 Å². The van der Waals surface area contributed by atoms with Crippen LogP contribution in [-0.2, 0) is 12.8 Å². The van der Waals surface area contributed by atoms with Crippen LogP contribution in [0.15, 0.2) is 42.5 Å². The normalized spacial score (nSPS) is 14.8. The van der Waals surface area contributed by atoms with Gasteiger partial charge in [-0.2, -0.15) is 0 Å². The van der Waals surface area contributed by atoms with Gasteiger partial charge in [0.1, 0.15) is 11.5 Å². The molecule has 0 amide bonds. The first-order chi connectivity index (χ1) is 20.0. The molecule has 0 saturated heterocycles. The zero-order chi connectivity index (χ0) is 31.9. The Balaban J connectivity index is 1.81. The van der Waals surface area contributed by atoms with Gasteiger partial charge in [0.2, 0.25) is 0 Å². The van der Waals surface area contributed by atoms with Crippen molar-refractivity contribution in [1.29, 1.82) is 0 Å². The molecule has 3 aromatic carbocycles. The molecule has 2 unspecified atom stereocenters. The summed E-state index contributed by atoms with van der Waals surface area (Å²) in [6, 6.07) is 13.4. The Hall–Kier alpha value is -3.18. The number of phenolic OH excluding ortho intramolecular Hbond substituents is 2. The molecule has 0 fully saturated rings. The van der Waals surface area contributed by atoms with Gasteiger partial charge in [0.25, 0.3) is 0 Å². The first-order valence-corrected chi connectivity index (χ1v) is 16.1. The zero-order valence-electron chi connectivity index (χ0n) is 27.2. The lowest BCUT2D eigenvalue weighted by molar-refractivity contribution is 0.103. The minimum absolute atomic E-state index is 0.000947. The van der Waals surface area contributed by atoms with Crippen molar-refractivity contribution < 1.29 is 15.0 Å². The predicted molar refractivity (Wildman–Crippen MR) is 183 cm³/mol. The van der Waals surface area contributed by atoms with Crippen molar-refractivity contribution in [3.05, 3.63) is 75.8 Å². The Labute approximate surface area is 263 Å². The molecule has 0 aliphatic heterocycles. The molecule has 230 valence electrons. The number of thiocarbonyl (C=S) groups is 1. The molecule has 43 heavy (non-hydrogen) atoms. The molecule has 4 rings (SSSR count). The number of fused-ring (bicyclic) bond motifs is 2. The van der Waals surface area contributed by atoms with Crippen LogP contribution >= 0.6 is 12.2 Å². The van der Waals surface area contributed by atoms with E-state index in [1.807, 2.05) is 36.4 Å². The van der Waals surface area contributed by atoms with Gasteiger partial charge in [0.15, 0.2) is 5.78 Å². The standard InChI is InChI=1S/C38H49NO3S/c1-22(20-37(3,4)5)14-16-25-18-27(24-12-10-9-11-13-24)29-31(33(25)40)36(43)32-30(35(29)42)28(39)19-26(34(32)41)17-15-23(2)21-38(6,7)8/h9-13,18-19,22-23,40-41H,14-17,20-21,39H2,1-8H3. The van der Waals surface area contributed by atoms with Crippen molar-refractivity contribution >= 4 is 28.6 Å². The number of nitrogen functional groups attached to an aromatic ring is 1. The van der Waals surface area contributed by atoms with Crippen molar-refractivity contribution in [2.24, 2.45) is 22.7 Å². The van der Waals surface area contributed by atoms with E-state index < -0.39 is 0 Å². The van der Waals surface area contributed by atoms with Crippen LogP contribution in [0.2, 0.25) is 0 Å². The molecule has 1 aliphatic rings. The Morgan fingerprint density at radius 1 is 0.744 bits per heavy atom. The number of hydrogen-bond acceptors (Lipinski definition) is 5. The van der Waals surface area contributed by atoms with E-state index in [2.05, 4.69) is 55.4 Å². The highest BCUT2D eigenvalue weighted by atomic mass is 32.1. The van der Waals surface area contributed by atoms with Gasteiger partial charge in [-0.1, -0.05) is 97.9 Å². The Morgan fingerprint density at radius 3 is 1.70 bits per heavy atom. The fourth-order valence-electron chi connectivity index (χ4n) is 6.98. The molecule has 1 aliphatic carbocycles. The van der Waals surface area contributed by atoms with Crippen LogP contribution in [0.3, 0.4) is 0 Å². The monoisotopic (exact) mass is 599 g/mol. The second kappa shape index (κ2) is 12.4. The second-order valence-electron chi connectivity index (χ2n) is 15.2. The predicted octanol–water partition coefficient (Wildman–Crippen LogP) is 9.67. The van der Waals surface area contributed by atoms with Crippen molar-refractivity contribution in [1.82, 2.24) is 0 Å². The molecule has 2 atom stereocenters. The van der Waals surface area contributed by atoms with Crippen LogP contribution in [0.25, 0.3) is 11.1 Å². The fourth-order valence-corrected chi connectivity index (χ4v) is 7.38. The SMILES string of the molecule is CC(CCc1cc(N)c2c(c1O)C(=S)c1c(O)c(CCC(C)CC(C)(C)C)cc(-c3ccccc3)c1C2=O)CC(C)(C)C. The molecule has 5 heteroatoms. The Bertz CT molecular complexity index is 1530. The molecule has 3 aromatic rings. The minimum Gasteiger partial charge on any atom is -0.507 e. The molecule has 0 radical (unpaired) electrons. The average molecular weight is 600 g/mol. The van der Waals surface area contributed by atoms with E-state index in [1.54, 1.807) is 6.07 Å². The first kappa shape index (κ1) is 32.7. The van der Waals surface area contributed by atoms with Gasteiger partial charge in [0.05, 0.1) is 10.4 Å². The first-order valence-electron chi connectivity index (χ1n) is 15.7. The molecule has 0 heterocycles. The van der Waals surface area contributed by atoms with E-state index in [9.17, 15) is 15.0 Å². The number of ketones is 1. The number of aryl methyl sites for hydroxylation is 2. The quantitative estimate of drug-likeness (QED) is 0.101. The Kier molecular flexibility index (Phi) is 9.47. The summed E-state index contributed by atoms with van der Waals surface area (Å²) < 4.78 is 0. The maximum Gasteiger partial charge on any atom is 0.197 e. The van der Waals surface area contributed by atoms with E-state index >= 15 is 0 Å². The molecule has 0 saturated carbocycles. The molecule has 0 bridgehead atoms. The highest BCUT2D eigenvalue weighted by Gasteiger charge is 2.37. The highest BCUT2D eigenvalue weighted by Crippen LogP contribution is 2.46. The molecule has 4 nitrogen and oxygen atoms in total. The van der Waals surface area contributed by atoms with Crippen molar-refractivity contribution in [3.63, 3.8) is 0 Å². The number of hydrogen-bond donors (Lipinski definition) is 3. The summed E-state index contributed by atoms with van der Waals surface area (Å²) in [6.07, 6.45) is 5.17. The van der Waals surface area contributed by atoms with Gasteiger partial charge in [-0.3, -0.25) is 4.79 Å². The molecule has 0 spiro atoms. The third-order valence-corrected chi connectivity index (χ3v) is 8.92. The number of phenols is 2. The minimum atomic E-state index is -0.319. The van der Waals surface area contributed by atoms with Crippen molar-refractivity contribution in [2.45, 2.75) is 93.9 Å². The summed E-state index contributed by atoms with van der Waals surface area (Å²) in [5.41, 5.74) is 11.5. The van der Waals surface area contributed by atoms with E-state index in [1.165, 1.54) is 0 Å². The van der Waals surface area contributed by atoms with Crippen LogP contribution in [-0.4, -0.2) is 20.9 Å². The van der Waals surface area contributed by atoms with Crippen LogP contribution < -0.4 is 5.73 Å². The van der Waals surface area contributed by atoms with Gasteiger partial charge in [-0.25, -0.2) is 0 Å². The molecular weight excluding hydrogens is 550 g/mol. The lowest BCUT2D eigenvalue weighted by Gasteiger charge is -2.28. The number of anilines is 1. The van der Waals surface area contributed by atoms with Crippen LogP contribution in [0.4, 0.5) is 5.69 Å². The third kappa shape index (κ3) is 7.32. The lowest BCUT2D eigenvalue weighted by Crippen LogP contribution is -2.24. The van der Waals surface area contributed by atoms with Gasteiger partial charge >= 0.3 is 0 Å². The second-order valence-corrected chi connectivity index (χ2v) is 15.7. The topological polar surface area (TPSA) is 83.6 Å². The van der Waals surface area contributed by atoms with E-state index in [0.717, 1.165) is 42.4 Å². The van der Waals surface area contributed by atoms with Crippen LogP contribution in [0.1, 0.15) is 119 Å². The summed E-state index contributed by atoms with van der Waals surface area (Å²) in [6.45, 7) is 17.9. The molecule has 4 N–H and O–H groups in total. The number of nitrogens with two attached hydrogens (primary N) is 1. The van der Waals surface area contributed by atoms with Crippen LogP contribution in [0, 0.1) is 22.7 Å². The number of benzene rings is 3. The van der Waals surface area contributed by atoms with Gasteiger partial charge in [0, 0.05) is 22.4 Å². The lowest BCUT2D eigenvalue weighted by atomic mass is 9.76. The summed E-state index contributed by atoms with van der Waals surface area (Å²) in [4.78, 5) is 14.6. The summed E-state index contributed by atoms with van der Waals surface area (Å²) in [5.74, 6) is 0.620. The zero-order valence-corrected chi connectivity index (χ0v) is 28.0.